The van der Waals surface area contributed by atoms with E-state index < -0.39 is 0 Å². The van der Waals surface area contributed by atoms with Gasteiger partial charge in [0, 0.05) is 41.3 Å². The smallest absolute Gasteiger partial charge is 0.244 e. The lowest BCUT2D eigenvalue weighted by atomic mass is 9.96. The number of fused-ring (bicyclic) bond motifs is 1. The van der Waals surface area contributed by atoms with Crippen molar-refractivity contribution in [2.45, 2.75) is 26.8 Å². The third-order valence-electron chi connectivity index (χ3n) is 5.21. The lowest BCUT2D eigenvalue weighted by Gasteiger charge is -2.14. The molecule has 31 heavy (non-hydrogen) atoms. The van der Waals surface area contributed by atoms with Gasteiger partial charge >= 0.3 is 0 Å². The van der Waals surface area contributed by atoms with Gasteiger partial charge in [0.1, 0.15) is 17.1 Å². The Labute approximate surface area is 182 Å². The second-order valence-electron chi connectivity index (χ2n) is 7.53. The van der Waals surface area contributed by atoms with Gasteiger partial charge in [0.15, 0.2) is 0 Å². The molecule has 1 aromatic heterocycles. The predicted molar refractivity (Wildman–Crippen MR) is 123 cm³/mol. The van der Waals surface area contributed by atoms with Gasteiger partial charge in [-0.3, -0.25) is 4.79 Å². The molecule has 6 heteroatoms. The monoisotopic (exact) mass is 423 g/mol. The molecule has 0 saturated carbocycles. The fourth-order valence-electron chi connectivity index (χ4n) is 3.74. The Morgan fingerprint density at radius 1 is 1.19 bits per heavy atom. The van der Waals surface area contributed by atoms with Gasteiger partial charge in [-0.25, -0.2) is 0 Å². The highest BCUT2D eigenvalue weighted by Crippen LogP contribution is 2.41. The summed E-state index contributed by atoms with van der Waals surface area (Å²) in [6.07, 6.45) is 3.33. The largest absolute Gasteiger partial charge is 0.497 e. The summed E-state index contributed by atoms with van der Waals surface area (Å²) in [5, 5.41) is 3.85. The fraction of sp³-hybridized carbons (Fsp3) is 0.320. The highest BCUT2D eigenvalue weighted by atomic mass is 16.5. The molecule has 0 saturated heterocycles. The van der Waals surface area contributed by atoms with Crippen LogP contribution in [0.4, 0.5) is 0 Å². The molecule has 0 aliphatic rings. The molecule has 1 heterocycles. The first-order valence-electron chi connectivity index (χ1n) is 10.1. The number of amides is 1. The van der Waals surface area contributed by atoms with Crippen molar-refractivity contribution in [3.05, 3.63) is 53.8 Å². The molecule has 0 bridgehead atoms. The lowest BCUT2D eigenvalue weighted by Crippen LogP contribution is -2.34. The second kappa shape index (κ2) is 9.71. The summed E-state index contributed by atoms with van der Waals surface area (Å²) in [6, 6.07) is 9.76. The standard InChI is InChI=1S/C25H29NO5/c1-15(10-23(27)26-16(2)13-28-4)20-12-21-22(18-8-7-9-19(11-18)29-5)14-31-25(21)17(3)24(20)30-6/h7-12,14,16H,13H2,1-6H3,(H,26,27)/b15-10+. The van der Waals surface area contributed by atoms with Crippen molar-refractivity contribution in [2.24, 2.45) is 0 Å². The van der Waals surface area contributed by atoms with Crippen LogP contribution in [0.2, 0.25) is 0 Å². The van der Waals surface area contributed by atoms with Crippen LogP contribution in [0.5, 0.6) is 11.5 Å². The Hall–Kier alpha value is -3.25. The summed E-state index contributed by atoms with van der Waals surface area (Å²) in [5.74, 6) is 1.28. The Kier molecular flexibility index (Phi) is 7.02. The maximum Gasteiger partial charge on any atom is 0.244 e. The van der Waals surface area contributed by atoms with Crippen molar-refractivity contribution in [3.63, 3.8) is 0 Å². The average molecular weight is 424 g/mol. The van der Waals surface area contributed by atoms with Crippen molar-refractivity contribution < 1.29 is 23.4 Å². The van der Waals surface area contributed by atoms with Gasteiger partial charge in [0.05, 0.1) is 27.1 Å². The summed E-state index contributed by atoms with van der Waals surface area (Å²) in [7, 11) is 4.88. The number of benzene rings is 2. The van der Waals surface area contributed by atoms with Gasteiger partial charge in [-0.15, -0.1) is 0 Å². The average Bonchev–Trinajstić information content (AvgIpc) is 3.18. The highest BCUT2D eigenvalue weighted by Gasteiger charge is 2.19. The quantitative estimate of drug-likeness (QED) is 0.518. The summed E-state index contributed by atoms with van der Waals surface area (Å²) < 4.78 is 22.0. The Morgan fingerprint density at radius 2 is 1.97 bits per heavy atom. The minimum atomic E-state index is -0.179. The van der Waals surface area contributed by atoms with E-state index in [9.17, 15) is 4.79 Å². The van der Waals surface area contributed by atoms with Crippen molar-refractivity contribution in [3.8, 4) is 22.6 Å². The van der Waals surface area contributed by atoms with Crippen molar-refractivity contribution in [2.75, 3.05) is 27.9 Å². The molecule has 0 spiro atoms. The number of furan rings is 1. The number of methoxy groups -OCH3 is 3. The number of hydrogen-bond donors (Lipinski definition) is 1. The molecule has 0 radical (unpaired) electrons. The number of ether oxygens (including phenoxy) is 3. The first-order valence-corrected chi connectivity index (χ1v) is 10.1. The highest BCUT2D eigenvalue weighted by molar-refractivity contribution is 6.01. The van der Waals surface area contributed by atoms with Gasteiger partial charge in [-0.1, -0.05) is 12.1 Å². The van der Waals surface area contributed by atoms with Crippen LogP contribution in [0.3, 0.4) is 0 Å². The van der Waals surface area contributed by atoms with Crippen molar-refractivity contribution >= 4 is 22.4 Å². The first-order chi connectivity index (χ1) is 14.9. The van der Waals surface area contributed by atoms with Crippen LogP contribution in [0.25, 0.3) is 27.7 Å². The van der Waals surface area contributed by atoms with E-state index in [1.807, 2.05) is 51.1 Å². The molecule has 3 rings (SSSR count). The minimum Gasteiger partial charge on any atom is -0.497 e. The van der Waals surface area contributed by atoms with Crippen LogP contribution in [-0.4, -0.2) is 39.9 Å². The first kappa shape index (κ1) is 22.4. The maximum absolute atomic E-state index is 12.5. The number of rotatable bonds is 8. The van der Waals surface area contributed by atoms with E-state index in [-0.39, 0.29) is 11.9 Å². The zero-order chi connectivity index (χ0) is 22.5. The lowest BCUT2D eigenvalue weighted by molar-refractivity contribution is -0.117. The number of hydrogen-bond acceptors (Lipinski definition) is 5. The van der Waals surface area contributed by atoms with E-state index in [1.54, 1.807) is 33.7 Å². The van der Waals surface area contributed by atoms with E-state index in [1.165, 1.54) is 0 Å². The Bertz CT molecular complexity index is 1110. The molecule has 3 aromatic rings. The van der Waals surface area contributed by atoms with Crippen LogP contribution in [-0.2, 0) is 9.53 Å². The third-order valence-corrected chi connectivity index (χ3v) is 5.21. The zero-order valence-corrected chi connectivity index (χ0v) is 18.9. The van der Waals surface area contributed by atoms with Crippen LogP contribution < -0.4 is 14.8 Å². The van der Waals surface area contributed by atoms with Gasteiger partial charge < -0.3 is 23.9 Å². The Balaban J connectivity index is 2.08. The second-order valence-corrected chi connectivity index (χ2v) is 7.53. The van der Waals surface area contributed by atoms with E-state index in [0.29, 0.717) is 12.4 Å². The fourth-order valence-corrected chi connectivity index (χ4v) is 3.74. The number of nitrogens with one attached hydrogen (secondary N) is 1. The maximum atomic E-state index is 12.5. The Morgan fingerprint density at radius 3 is 2.65 bits per heavy atom. The summed E-state index contributed by atoms with van der Waals surface area (Å²) in [6.45, 7) is 6.20. The van der Waals surface area contributed by atoms with E-state index in [2.05, 4.69) is 5.32 Å². The minimum absolute atomic E-state index is 0.0822. The molecule has 164 valence electrons. The molecular formula is C25H29NO5. The molecule has 1 amide bonds. The van der Waals surface area contributed by atoms with Crippen LogP contribution >= 0.6 is 0 Å². The topological polar surface area (TPSA) is 69.9 Å². The summed E-state index contributed by atoms with van der Waals surface area (Å²) in [4.78, 5) is 12.5. The van der Waals surface area contributed by atoms with Gasteiger partial charge in [-0.2, -0.15) is 0 Å². The number of carbonyl (C=O) groups excluding carboxylic acids is 1. The molecular weight excluding hydrogens is 394 g/mol. The third kappa shape index (κ3) is 4.75. The van der Waals surface area contributed by atoms with Gasteiger partial charge in [0.2, 0.25) is 5.91 Å². The van der Waals surface area contributed by atoms with E-state index >= 15 is 0 Å². The molecule has 0 aliphatic heterocycles. The van der Waals surface area contributed by atoms with Crippen LogP contribution in [0.15, 0.2) is 47.1 Å². The molecule has 6 nitrogen and oxygen atoms in total. The predicted octanol–water partition coefficient (Wildman–Crippen LogP) is 4.98. The van der Waals surface area contributed by atoms with Crippen LogP contribution in [0, 0.1) is 6.92 Å². The number of aryl methyl sites for hydroxylation is 1. The molecule has 1 unspecified atom stereocenters. The van der Waals surface area contributed by atoms with Crippen LogP contribution in [0.1, 0.15) is 25.0 Å². The number of carbonyl (C=O) groups is 1. The van der Waals surface area contributed by atoms with E-state index in [4.69, 9.17) is 18.6 Å². The SMILES string of the molecule is COCC(C)NC(=O)/C=C(\C)c1cc2c(-c3cccc(OC)c3)coc2c(C)c1OC. The normalized spacial score (nSPS) is 12.6. The molecule has 0 aliphatic carbocycles. The van der Waals surface area contributed by atoms with E-state index in [0.717, 1.165) is 44.5 Å². The summed E-state index contributed by atoms with van der Waals surface area (Å²) in [5.41, 5.74) is 5.21. The molecule has 0 fully saturated rings. The molecule has 2 aromatic carbocycles. The summed E-state index contributed by atoms with van der Waals surface area (Å²) >= 11 is 0. The van der Waals surface area contributed by atoms with Crippen molar-refractivity contribution in [1.29, 1.82) is 0 Å². The molecule has 1 N–H and O–H groups in total. The number of allylic oxidation sites excluding steroid dienone is 1. The zero-order valence-electron chi connectivity index (χ0n) is 18.9. The van der Waals surface area contributed by atoms with Gasteiger partial charge in [-0.05, 0) is 50.1 Å². The van der Waals surface area contributed by atoms with Crippen molar-refractivity contribution in [1.82, 2.24) is 5.32 Å². The van der Waals surface area contributed by atoms with Gasteiger partial charge in [0.25, 0.3) is 0 Å². The molecule has 1 atom stereocenters.